The minimum atomic E-state index is -0.563. The Balaban J connectivity index is 1.83. The van der Waals surface area contributed by atoms with Crippen LogP contribution in [0.3, 0.4) is 0 Å². The van der Waals surface area contributed by atoms with Gasteiger partial charge >= 0.3 is 5.97 Å². The summed E-state index contributed by atoms with van der Waals surface area (Å²) in [5.41, 5.74) is 3.44. The zero-order chi connectivity index (χ0) is 24.1. The van der Waals surface area contributed by atoms with Crippen molar-refractivity contribution in [1.29, 1.82) is 0 Å². The number of nitrogens with zero attached hydrogens (tertiary/aromatic N) is 1. The van der Waals surface area contributed by atoms with Gasteiger partial charge in [0, 0.05) is 18.8 Å². The molecule has 2 heterocycles. The van der Waals surface area contributed by atoms with Gasteiger partial charge in [0.05, 0.1) is 36.3 Å². The normalized spacial score (nSPS) is 16.3. The topological polar surface area (TPSA) is 97.0 Å². The van der Waals surface area contributed by atoms with E-state index in [1.807, 2.05) is 43.9 Å². The van der Waals surface area contributed by atoms with E-state index in [4.69, 9.17) is 9.47 Å². The molecule has 0 radical (unpaired) electrons. The SMILES string of the molecule is CCOC(=O)c1c(NC(=O)CN2CCO[C@@H](C)C2)sc(C(=O)Nc2ccc(C)cc2C)c1C. The number of amides is 2. The van der Waals surface area contributed by atoms with Crippen molar-refractivity contribution in [1.82, 2.24) is 4.90 Å². The molecule has 2 N–H and O–H groups in total. The molecule has 0 aliphatic carbocycles. The van der Waals surface area contributed by atoms with Gasteiger partial charge in [-0.25, -0.2) is 4.79 Å². The van der Waals surface area contributed by atoms with E-state index < -0.39 is 5.97 Å². The van der Waals surface area contributed by atoms with Gasteiger partial charge in [0.2, 0.25) is 5.91 Å². The van der Waals surface area contributed by atoms with Gasteiger partial charge < -0.3 is 20.1 Å². The Hall–Kier alpha value is -2.75. The smallest absolute Gasteiger partial charge is 0.341 e. The van der Waals surface area contributed by atoms with E-state index in [1.165, 1.54) is 0 Å². The van der Waals surface area contributed by atoms with Crippen LogP contribution in [0.2, 0.25) is 0 Å². The van der Waals surface area contributed by atoms with Crippen molar-refractivity contribution in [3.8, 4) is 0 Å². The van der Waals surface area contributed by atoms with Crippen molar-refractivity contribution >= 4 is 39.8 Å². The van der Waals surface area contributed by atoms with Crippen LogP contribution in [-0.4, -0.2) is 61.6 Å². The van der Waals surface area contributed by atoms with Crippen LogP contribution in [0.25, 0.3) is 0 Å². The van der Waals surface area contributed by atoms with E-state index in [0.717, 1.165) is 22.5 Å². The lowest BCUT2D eigenvalue weighted by molar-refractivity contribution is -0.119. The summed E-state index contributed by atoms with van der Waals surface area (Å²) in [6.07, 6.45) is 0.0613. The van der Waals surface area contributed by atoms with Gasteiger partial charge in [0.25, 0.3) is 5.91 Å². The van der Waals surface area contributed by atoms with Gasteiger partial charge in [0.15, 0.2) is 0 Å². The summed E-state index contributed by atoms with van der Waals surface area (Å²) in [5, 5.41) is 6.06. The van der Waals surface area contributed by atoms with Gasteiger partial charge in [-0.05, 0) is 51.8 Å². The molecule has 1 aromatic carbocycles. The van der Waals surface area contributed by atoms with Crippen LogP contribution in [0.1, 0.15) is 50.6 Å². The third-order valence-electron chi connectivity index (χ3n) is 5.41. The minimum absolute atomic E-state index is 0.0613. The van der Waals surface area contributed by atoms with E-state index in [9.17, 15) is 14.4 Å². The maximum absolute atomic E-state index is 13.1. The molecule has 1 aliphatic rings. The van der Waals surface area contributed by atoms with Crippen LogP contribution in [0.5, 0.6) is 0 Å². The Morgan fingerprint density at radius 2 is 1.97 bits per heavy atom. The first-order valence-corrected chi connectivity index (χ1v) is 11.8. The quantitative estimate of drug-likeness (QED) is 0.595. The summed E-state index contributed by atoms with van der Waals surface area (Å²) >= 11 is 1.08. The average Bonchev–Trinajstić information content (AvgIpc) is 3.06. The lowest BCUT2D eigenvalue weighted by Crippen LogP contribution is -2.44. The van der Waals surface area contributed by atoms with Crippen molar-refractivity contribution in [2.24, 2.45) is 0 Å². The lowest BCUT2D eigenvalue weighted by Gasteiger charge is -2.30. The number of hydrogen-bond acceptors (Lipinski definition) is 7. The monoisotopic (exact) mass is 473 g/mol. The second-order valence-electron chi connectivity index (χ2n) is 8.22. The molecule has 1 aromatic heterocycles. The van der Waals surface area contributed by atoms with E-state index in [-0.39, 0.29) is 36.6 Å². The van der Waals surface area contributed by atoms with Gasteiger partial charge in [-0.15, -0.1) is 11.3 Å². The van der Waals surface area contributed by atoms with Crippen molar-refractivity contribution in [3.05, 3.63) is 45.3 Å². The van der Waals surface area contributed by atoms with Crippen LogP contribution in [0.15, 0.2) is 18.2 Å². The number of aryl methyl sites for hydroxylation is 2. The molecule has 9 heteroatoms. The highest BCUT2D eigenvalue weighted by Crippen LogP contribution is 2.34. The molecule has 1 saturated heterocycles. The fourth-order valence-corrected chi connectivity index (χ4v) is 4.91. The summed E-state index contributed by atoms with van der Waals surface area (Å²) < 4.78 is 10.7. The average molecular weight is 474 g/mol. The maximum atomic E-state index is 13.1. The zero-order valence-electron chi connectivity index (χ0n) is 19.7. The lowest BCUT2D eigenvalue weighted by atomic mass is 10.1. The second-order valence-corrected chi connectivity index (χ2v) is 9.24. The van der Waals surface area contributed by atoms with Crippen molar-refractivity contribution < 1.29 is 23.9 Å². The number of esters is 1. The molecule has 1 fully saturated rings. The standard InChI is InChI=1S/C24H31N3O5S/c1-6-31-24(30)20-17(5)21(22(29)25-18-8-7-14(2)11-15(18)3)33-23(20)26-19(28)13-27-9-10-32-16(4)12-27/h7-8,11,16H,6,9-10,12-13H2,1-5H3,(H,25,29)(H,26,28)/t16-/m0/s1. The van der Waals surface area contributed by atoms with E-state index in [1.54, 1.807) is 13.8 Å². The van der Waals surface area contributed by atoms with E-state index in [0.29, 0.717) is 40.8 Å². The van der Waals surface area contributed by atoms with Crippen molar-refractivity contribution in [3.63, 3.8) is 0 Å². The first kappa shape index (κ1) is 24.9. The highest BCUT2D eigenvalue weighted by Gasteiger charge is 2.28. The molecule has 2 aromatic rings. The zero-order valence-corrected chi connectivity index (χ0v) is 20.6. The molecule has 33 heavy (non-hydrogen) atoms. The molecule has 8 nitrogen and oxygen atoms in total. The van der Waals surface area contributed by atoms with Crippen molar-refractivity contribution in [2.75, 3.05) is 43.5 Å². The van der Waals surface area contributed by atoms with Crippen LogP contribution >= 0.6 is 11.3 Å². The molecule has 0 bridgehead atoms. The number of morpholine rings is 1. The summed E-state index contributed by atoms with van der Waals surface area (Å²) in [5.74, 6) is -1.15. The third-order valence-corrected chi connectivity index (χ3v) is 6.61. The number of thiophene rings is 1. The van der Waals surface area contributed by atoms with Crippen molar-refractivity contribution in [2.45, 2.75) is 40.7 Å². The fraction of sp³-hybridized carbons (Fsp3) is 0.458. The Morgan fingerprint density at radius 1 is 1.21 bits per heavy atom. The predicted molar refractivity (Wildman–Crippen MR) is 129 cm³/mol. The highest BCUT2D eigenvalue weighted by atomic mass is 32.1. The van der Waals surface area contributed by atoms with Gasteiger partial charge in [0.1, 0.15) is 5.00 Å². The Bertz CT molecular complexity index is 1050. The minimum Gasteiger partial charge on any atom is -0.462 e. The highest BCUT2D eigenvalue weighted by molar-refractivity contribution is 7.19. The summed E-state index contributed by atoms with van der Waals surface area (Å²) in [6, 6.07) is 5.76. The first-order valence-electron chi connectivity index (χ1n) is 11.0. The molecule has 1 aliphatic heterocycles. The first-order chi connectivity index (χ1) is 15.7. The molecule has 0 unspecified atom stereocenters. The largest absolute Gasteiger partial charge is 0.462 e. The van der Waals surface area contributed by atoms with Gasteiger partial charge in [-0.2, -0.15) is 0 Å². The number of carbonyl (C=O) groups is 3. The van der Waals surface area contributed by atoms with E-state index in [2.05, 4.69) is 10.6 Å². The molecule has 2 amide bonds. The predicted octanol–water partition coefficient (Wildman–Crippen LogP) is 3.76. The summed E-state index contributed by atoms with van der Waals surface area (Å²) in [4.78, 5) is 40.8. The molecule has 0 saturated carbocycles. The maximum Gasteiger partial charge on any atom is 0.341 e. The van der Waals surface area contributed by atoms with Crippen LogP contribution in [0, 0.1) is 20.8 Å². The van der Waals surface area contributed by atoms with Crippen LogP contribution in [-0.2, 0) is 14.3 Å². The summed E-state index contributed by atoms with van der Waals surface area (Å²) in [7, 11) is 0. The number of ether oxygens (including phenoxy) is 2. The molecule has 178 valence electrons. The van der Waals surface area contributed by atoms with Gasteiger partial charge in [-0.1, -0.05) is 17.7 Å². The Morgan fingerprint density at radius 3 is 2.64 bits per heavy atom. The molecule has 3 rings (SSSR count). The molecular weight excluding hydrogens is 442 g/mol. The number of nitrogens with one attached hydrogen (secondary N) is 2. The van der Waals surface area contributed by atoms with Crippen LogP contribution in [0.4, 0.5) is 10.7 Å². The summed E-state index contributed by atoms with van der Waals surface area (Å²) in [6.45, 7) is 11.5. The third kappa shape index (κ3) is 6.19. The number of anilines is 2. The number of carbonyl (C=O) groups excluding carboxylic acids is 3. The van der Waals surface area contributed by atoms with E-state index >= 15 is 0 Å². The van der Waals surface area contributed by atoms with Crippen LogP contribution < -0.4 is 10.6 Å². The number of hydrogen-bond donors (Lipinski definition) is 2. The second kappa shape index (κ2) is 10.9. The number of rotatable bonds is 7. The van der Waals surface area contributed by atoms with Gasteiger partial charge in [-0.3, -0.25) is 14.5 Å². The fourth-order valence-electron chi connectivity index (χ4n) is 3.80. The molecule has 1 atom stereocenters. The Labute approximate surface area is 198 Å². The Kier molecular flexibility index (Phi) is 8.23. The molecular formula is C24H31N3O5S. The number of benzene rings is 1. The molecule has 0 spiro atoms.